The summed E-state index contributed by atoms with van der Waals surface area (Å²) in [5.74, 6) is 5.26. The van der Waals surface area contributed by atoms with E-state index in [2.05, 4.69) is 24.5 Å². The first-order chi connectivity index (χ1) is 6.65. The van der Waals surface area contributed by atoms with E-state index < -0.39 is 5.82 Å². The van der Waals surface area contributed by atoms with E-state index in [9.17, 15) is 9.18 Å². The molecule has 0 amide bonds. The van der Waals surface area contributed by atoms with E-state index in [4.69, 9.17) is 0 Å². The van der Waals surface area contributed by atoms with Crippen LogP contribution in [0.4, 0.5) is 4.39 Å². The van der Waals surface area contributed by atoms with E-state index in [-0.39, 0.29) is 5.78 Å². The molecular formula is C11H9FOS. The third-order valence-corrected chi connectivity index (χ3v) is 1.82. The van der Waals surface area contributed by atoms with Crippen LogP contribution < -0.4 is 0 Å². The zero-order valence-electron chi connectivity index (χ0n) is 7.67. The molecule has 1 nitrogen and oxygen atoms in total. The summed E-state index contributed by atoms with van der Waals surface area (Å²) in [6, 6.07) is 3.95. The van der Waals surface area contributed by atoms with Crippen LogP contribution in [0.1, 0.15) is 22.8 Å². The van der Waals surface area contributed by atoms with Crippen molar-refractivity contribution in [3.63, 3.8) is 0 Å². The van der Waals surface area contributed by atoms with Crippen molar-refractivity contribution in [3.8, 4) is 11.8 Å². The monoisotopic (exact) mass is 208 g/mol. The largest absolute Gasteiger partial charge is 0.294 e. The van der Waals surface area contributed by atoms with Gasteiger partial charge in [-0.3, -0.25) is 4.79 Å². The van der Waals surface area contributed by atoms with Crippen LogP contribution in [0.5, 0.6) is 0 Å². The maximum atomic E-state index is 12.8. The Balaban J connectivity index is 3.22. The SMILES string of the molecule is CC(=O)c1ccc(F)cc1C#CCS. The van der Waals surface area contributed by atoms with Gasteiger partial charge in [0.1, 0.15) is 5.82 Å². The summed E-state index contributed by atoms with van der Waals surface area (Å²) in [5.41, 5.74) is 0.868. The minimum atomic E-state index is -0.390. The lowest BCUT2D eigenvalue weighted by Gasteiger charge is -1.99. The predicted octanol–water partition coefficient (Wildman–Crippen LogP) is 2.31. The molecule has 1 aromatic carbocycles. The lowest BCUT2D eigenvalue weighted by atomic mass is 10.0. The van der Waals surface area contributed by atoms with Gasteiger partial charge in [-0.25, -0.2) is 4.39 Å². The number of hydrogen-bond donors (Lipinski definition) is 1. The van der Waals surface area contributed by atoms with E-state index >= 15 is 0 Å². The Kier molecular flexibility index (Phi) is 3.73. The number of thiol groups is 1. The van der Waals surface area contributed by atoms with Gasteiger partial charge in [0.05, 0.1) is 5.75 Å². The van der Waals surface area contributed by atoms with Crippen LogP contribution in [-0.2, 0) is 0 Å². The molecule has 0 aromatic heterocycles. The number of halogens is 1. The van der Waals surface area contributed by atoms with Gasteiger partial charge in [-0.2, -0.15) is 12.6 Å². The summed E-state index contributed by atoms with van der Waals surface area (Å²) >= 11 is 3.91. The van der Waals surface area contributed by atoms with Crippen LogP contribution in [0, 0.1) is 17.7 Å². The number of carbonyl (C=O) groups excluding carboxylic acids is 1. The van der Waals surface area contributed by atoms with E-state index in [0.717, 1.165) is 0 Å². The van der Waals surface area contributed by atoms with Gasteiger partial charge < -0.3 is 0 Å². The van der Waals surface area contributed by atoms with Crippen molar-refractivity contribution >= 4 is 18.4 Å². The van der Waals surface area contributed by atoms with Crippen molar-refractivity contribution in [2.45, 2.75) is 6.92 Å². The molecule has 0 heterocycles. The Morgan fingerprint density at radius 2 is 2.29 bits per heavy atom. The topological polar surface area (TPSA) is 17.1 Å². The molecule has 0 radical (unpaired) electrons. The molecule has 0 spiro atoms. The van der Waals surface area contributed by atoms with Gasteiger partial charge in [-0.15, -0.1) is 0 Å². The fourth-order valence-corrected chi connectivity index (χ4v) is 1.14. The fraction of sp³-hybridized carbons (Fsp3) is 0.182. The third-order valence-electron chi connectivity index (χ3n) is 1.66. The summed E-state index contributed by atoms with van der Waals surface area (Å²) < 4.78 is 12.8. The first-order valence-corrected chi connectivity index (χ1v) is 4.68. The molecule has 0 fully saturated rings. The number of hydrogen-bond acceptors (Lipinski definition) is 2. The number of Topliss-reactive ketones (excluding diaryl/α,β-unsaturated/α-hetero) is 1. The van der Waals surface area contributed by atoms with E-state index in [1.165, 1.54) is 25.1 Å². The van der Waals surface area contributed by atoms with Crippen LogP contribution in [0.15, 0.2) is 18.2 Å². The summed E-state index contributed by atoms with van der Waals surface area (Å²) in [6.07, 6.45) is 0. The summed E-state index contributed by atoms with van der Waals surface area (Å²) in [6.45, 7) is 1.43. The zero-order chi connectivity index (χ0) is 10.6. The molecule has 0 atom stereocenters. The lowest BCUT2D eigenvalue weighted by Crippen LogP contribution is -1.97. The summed E-state index contributed by atoms with van der Waals surface area (Å²) in [4.78, 5) is 11.1. The second kappa shape index (κ2) is 4.83. The molecule has 0 saturated carbocycles. The first-order valence-electron chi connectivity index (χ1n) is 4.05. The quantitative estimate of drug-likeness (QED) is 0.426. The van der Waals surface area contributed by atoms with E-state index in [1.54, 1.807) is 0 Å². The molecule has 1 rings (SSSR count). The van der Waals surface area contributed by atoms with Crippen LogP contribution in [0.2, 0.25) is 0 Å². The maximum absolute atomic E-state index is 12.8. The smallest absolute Gasteiger partial charge is 0.161 e. The highest BCUT2D eigenvalue weighted by atomic mass is 32.1. The number of benzene rings is 1. The Hall–Kier alpha value is -1.27. The molecule has 1 aromatic rings. The molecule has 0 unspecified atom stereocenters. The molecule has 72 valence electrons. The molecule has 0 saturated heterocycles. The minimum Gasteiger partial charge on any atom is -0.294 e. The van der Waals surface area contributed by atoms with Gasteiger partial charge in [-0.05, 0) is 25.1 Å². The van der Waals surface area contributed by atoms with Gasteiger partial charge in [0.15, 0.2) is 5.78 Å². The highest BCUT2D eigenvalue weighted by molar-refractivity contribution is 7.80. The van der Waals surface area contributed by atoms with Crippen LogP contribution in [0.25, 0.3) is 0 Å². The highest BCUT2D eigenvalue weighted by Crippen LogP contribution is 2.10. The predicted molar refractivity (Wildman–Crippen MR) is 57.1 cm³/mol. The van der Waals surface area contributed by atoms with Crippen LogP contribution >= 0.6 is 12.6 Å². The molecule has 0 aliphatic rings. The molecule has 0 bridgehead atoms. The number of carbonyl (C=O) groups is 1. The normalized spacial score (nSPS) is 9.07. The average Bonchev–Trinajstić information content (AvgIpc) is 2.14. The zero-order valence-corrected chi connectivity index (χ0v) is 8.57. The molecule has 0 aliphatic heterocycles. The third kappa shape index (κ3) is 2.61. The summed E-state index contributed by atoms with van der Waals surface area (Å²) in [7, 11) is 0. The van der Waals surface area contributed by atoms with Crippen molar-refractivity contribution in [3.05, 3.63) is 35.1 Å². The molecule has 0 aliphatic carbocycles. The molecule has 3 heteroatoms. The fourth-order valence-electron chi connectivity index (χ4n) is 1.06. The average molecular weight is 208 g/mol. The molecule has 14 heavy (non-hydrogen) atoms. The van der Waals surface area contributed by atoms with Gasteiger partial charge >= 0.3 is 0 Å². The lowest BCUT2D eigenvalue weighted by molar-refractivity contribution is 0.101. The maximum Gasteiger partial charge on any atom is 0.161 e. The van der Waals surface area contributed by atoms with Crippen molar-refractivity contribution in [1.82, 2.24) is 0 Å². The van der Waals surface area contributed by atoms with E-state index in [0.29, 0.717) is 16.9 Å². The van der Waals surface area contributed by atoms with Crippen molar-refractivity contribution in [1.29, 1.82) is 0 Å². The minimum absolute atomic E-state index is 0.117. The summed E-state index contributed by atoms with van der Waals surface area (Å²) in [5, 5.41) is 0. The Bertz CT molecular complexity index is 415. The van der Waals surface area contributed by atoms with E-state index in [1.807, 2.05) is 0 Å². The van der Waals surface area contributed by atoms with Crippen molar-refractivity contribution < 1.29 is 9.18 Å². The van der Waals surface area contributed by atoms with Gasteiger partial charge in [0, 0.05) is 11.1 Å². The molecule has 0 N–H and O–H groups in total. The van der Waals surface area contributed by atoms with Gasteiger partial charge in [0.2, 0.25) is 0 Å². The number of rotatable bonds is 1. The first kappa shape index (κ1) is 10.8. The second-order valence-corrected chi connectivity index (χ2v) is 3.02. The Morgan fingerprint density at radius 3 is 2.86 bits per heavy atom. The van der Waals surface area contributed by atoms with Gasteiger partial charge in [-0.1, -0.05) is 11.8 Å². The standard InChI is InChI=1S/C11H9FOS/c1-8(13)11-5-4-10(12)7-9(11)3-2-6-14/h4-5,7,14H,6H2,1H3. The van der Waals surface area contributed by atoms with Crippen molar-refractivity contribution in [2.75, 3.05) is 5.75 Å². The number of ketones is 1. The van der Waals surface area contributed by atoms with Crippen molar-refractivity contribution in [2.24, 2.45) is 0 Å². The van der Waals surface area contributed by atoms with Gasteiger partial charge in [0.25, 0.3) is 0 Å². The molecular weight excluding hydrogens is 199 g/mol. The Labute approximate surface area is 87.7 Å². The highest BCUT2D eigenvalue weighted by Gasteiger charge is 2.05. The second-order valence-electron chi connectivity index (χ2n) is 2.71. The Morgan fingerprint density at radius 1 is 1.57 bits per heavy atom. The van der Waals surface area contributed by atoms with Crippen LogP contribution in [-0.4, -0.2) is 11.5 Å². The van der Waals surface area contributed by atoms with Crippen LogP contribution in [0.3, 0.4) is 0 Å².